The maximum atomic E-state index is 13.2. The van der Waals surface area contributed by atoms with Crippen molar-refractivity contribution >= 4 is 22.2 Å². The zero-order valence-electron chi connectivity index (χ0n) is 8.36. The monoisotopic (exact) mass is 281 g/mol. The molecular formula is C12H9BrFNO. The van der Waals surface area contributed by atoms with Crippen molar-refractivity contribution in [2.24, 2.45) is 0 Å². The number of rotatable bonds is 3. The normalized spacial score (nSPS) is 10.4. The fourth-order valence-corrected chi connectivity index (χ4v) is 1.88. The number of nitrogens with zero attached hydrogens (tertiary/aromatic N) is 1. The van der Waals surface area contributed by atoms with Gasteiger partial charge >= 0.3 is 0 Å². The molecule has 2 rings (SSSR count). The molecule has 0 saturated heterocycles. The summed E-state index contributed by atoms with van der Waals surface area (Å²) in [4.78, 5) is 10.5. The van der Waals surface area contributed by atoms with Crippen LogP contribution in [0, 0.1) is 5.82 Å². The fraction of sp³-hybridized carbons (Fsp3) is 0.0833. The molecule has 4 heteroatoms. The summed E-state index contributed by atoms with van der Waals surface area (Å²) in [6, 6.07) is 6.63. The third kappa shape index (κ3) is 2.22. The molecule has 82 valence electrons. The van der Waals surface area contributed by atoms with E-state index in [4.69, 9.17) is 0 Å². The molecule has 0 saturated carbocycles. The lowest BCUT2D eigenvalue weighted by molar-refractivity contribution is 0.112. The van der Waals surface area contributed by atoms with Crippen molar-refractivity contribution in [3.63, 3.8) is 0 Å². The molecule has 0 aliphatic heterocycles. The second kappa shape index (κ2) is 4.61. The summed E-state index contributed by atoms with van der Waals surface area (Å²) in [6.07, 6.45) is 4.31. The highest BCUT2D eigenvalue weighted by atomic mass is 79.9. The zero-order chi connectivity index (χ0) is 11.5. The first-order chi connectivity index (χ1) is 7.70. The standard InChI is InChI=1S/C12H9BrFNO/c13-12-10(2-1-3-11(12)14)7-15-5-4-9(6-15)8-16/h1-6,8H,7H2. The van der Waals surface area contributed by atoms with Crippen LogP contribution in [0.3, 0.4) is 0 Å². The molecule has 0 radical (unpaired) electrons. The van der Waals surface area contributed by atoms with E-state index < -0.39 is 0 Å². The average molecular weight is 282 g/mol. The van der Waals surface area contributed by atoms with Crippen LogP contribution < -0.4 is 0 Å². The number of aromatic nitrogens is 1. The van der Waals surface area contributed by atoms with Crippen LogP contribution in [0.4, 0.5) is 4.39 Å². The van der Waals surface area contributed by atoms with Gasteiger partial charge in [-0.1, -0.05) is 12.1 Å². The molecule has 0 aliphatic carbocycles. The fourth-order valence-electron chi connectivity index (χ4n) is 1.49. The Bertz CT molecular complexity index is 521. The highest BCUT2D eigenvalue weighted by Gasteiger charge is 2.05. The van der Waals surface area contributed by atoms with Gasteiger partial charge in [-0.3, -0.25) is 4.79 Å². The van der Waals surface area contributed by atoms with E-state index in [1.54, 1.807) is 24.5 Å². The highest BCUT2D eigenvalue weighted by Crippen LogP contribution is 2.21. The predicted molar refractivity (Wildman–Crippen MR) is 63.0 cm³/mol. The van der Waals surface area contributed by atoms with Crippen LogP contribution in [-0.2, 0) is 6.54 Å². The molecule has 0 spiro atoms. The summed E-state index contributed by atoms with van der Waals surface area (Å²) in [5.74, 6) is -0.278. The maximum Gasteiger partial charge on any atom is 0.151 e. The summed E-state index contributed by atoms with van der Waals surface area (Å²) in [7, 11) is 0. The highest BCUT2D eigenvalue weighted by molar-refractivity contribution is 9.10. The molecule has 1 aromatic carbocycles. The Labute approximate surface area is 101 Å². The minimum Gasteiger partial charge on any atom is -0.349 e. The van der Waals surface area contributed by atoms with E-state index in [0.29, 0.717) is 16.6 Å². The summed E-state index contributed by atoms with van der Waals surface area (Å²) < 4.78 is 15.5. The van der Waals surface area contributed by atoms with Crippen molar-refractivity contribution in [2.75, 3.05) is 0 Å². The topological polar surface area (TPSA) is 22.0 Å². The quantitative estimate of drug-likeness (QED) is 0.792. The molecule has 2 aromatic rings. The van der Waals surface area contributed by atoms with E-state index in [1.807, 2.05) is 10.6 Å². The number of hydrogen-bond acceptors (Lipinski definition) is 1. The van der Waals surface area contributed by atoms with Crippen LogP contribution in [-0.4, -0.2) is 10.9 Å². The molecule has 0 fully saturated rings. The molecule has 0 unspecified atom stereocenters. The first-order valence-corrected chi connectivity index (χ1v) is 5.54. The molecular weight excluding hydrogens is 273 g/mol. The SMILES string of the molecule is O=Cc1ccn(Cc2cccc(F)c2Br)c1. The van der Waals surface area contributed by atoms with Gasteiger partial charge in [-0.15, -0.1) is 0 Å². The van der Waals surface area contributed by atoms with Crippen molar-refractivity contribution in [3.05, 3.63) is 58.1 Å². The van der Waals surface area contributed by atoms with Gasteiger partial charge < -0.3 is 4.57 Å². The molecule has 1 aromatic heterocycles. The molecule has 16 heavy (non-hydrogen) atoms. The number of carbonyl (C=O) groups is 1. The summed E-state index contributed by atoms with van der Waals surface area (Å²) >= 11 is 3.20. The molecule has 0 atom stereocenters. The molecule has 0 N–H and O–H groups in total. The molecule has 0 aliphatic rings. The van der Waals surface area contributed by atoms with Crippen molar-refractivity contribution < 1.29 is 9.18 Å². The van der Waals surface area contributed by atoms with Gasteiger partial charge in [0.05, 0.1) is 4.47 Å². The van der Waals surface area contributed by atoms with Crippen LogP contribution in [0.1, 0.15) is 15.9 Å². The van der Waals surface area contributed by atoms with Crippen molar-refractivity contribution in [1.29, 1.82) is 0 Å². The van der Waals surface area contributed by atoms with Crippen LogP contribution in [0.15, 0.2) is 41.1 Å². The lowest BCUT2D eigenvalue weighted by Crippen LogP contribution is -1.98. The number of aldehydes is 1. The largest absolute Gasteiger partial charge is 0.349 e. The Kier molecular flexibility index (Phi) is 3.19. The van der Waals surface area contributed by atoms with Crippen LogP contribution in [0.5, 0.6) is 0 Å². The smallest absolute Gasteiger partial charge is 0.151 e. The summed E-state index contributed by atoms with van der Waals surface area (Å²) in [5.41, 5.74) is 1.46. The van der Waals surface area contributed by atoms with Gasteiger partial charge in [-0.2, -0.15) is 0 Å². The van der Waals surface area contributed by atoms with Gasteiger partial charge in [-0.25, -0.2) is 4.39 Å². The Morgan fingerprint density at radius 1 is 1.38 bits per heavy atom. The van der Waals surface area contributed by atoms with Gasteiger partial charge in [0.1, 0.15) is 5.82 Å². The first kappa shape index (κ1) is 11.1. The average Bonchev–Trinajstić information content (AvgIpc) is 2.73. The molecule has 1 heterocycles. The lowest BCUT2D eigenvalue weighted by atomic mass is 10.2. The van der Waals surface area contributed by atoms with E-state index in [9.17, 15) is 9.18 Å². The van der Waals surface area contributed by atoms with Crippen molar-refractivity contribution in [2.45, 2.75) is 6.54 Å². The summed E-state index contributed by atoms with van der Waals surface area (Å²) in [6.45, 7) is 0.534. The second-order valence-corrected chi connectivity index (χ2v) is 4.24. The lowest BCUT2D eigenvalue weighted by Gasteiger charge is -2.06. The van der Waals surface area contributed by atoms with E-state index in [-0.39, 0.29) is 5.82 Å². The van der Waals surface area contributed by atoms with Gasteiger partial charge in [0, 0.05) is 24.5 Å². The van der Waals surface area contributed by atoms with E-state index in [1.165, 1.54) is 6.07 Å². The van der Waals surface area contributed by atoms with Gasteiger partial charge in [0.25, 0.3) is 0 Å². The molecule has 2 nitrogen and oxygen atoms in total. The van der Waals surface area contributed by atoms with Crippen molar-refractivity contribution in [3.8, 4) is 0 Å². The second-order valence-electron chi connectivity index (χ2n) is 3.45. The zero-order valence-corrected chi connectivity index (χ0v) is 9.95. The van der Waals surface area contributed by atoms with E-state index >= 15 is 0 Å². The van der Waals surface area contributed by atoms with Crippen LogP contribution in [0.25, 0.3) is 0 Å². The first-order valence-electron chi connectivity index (χ1n) is 4.74. The number of halogens is 2. The van der Waals surface area contributed by atoms with Crippen LogP contribution in [0.2, 0.25) is 0 Å². The minimum absolute atomic E-state index is 0.278. The Morgan fingerprint density at radius 2 is 2.19 bits per heavy atom. The minimum atomic E-state index is -0.278. The van der Waals surface area contributed by atoms with E-state index in [0.717, 1.165) is 11.8 Å². The number of carbonyl (C=O) groups excluding carboxylic acids is 1. The Balaban J connectivity index is 2.26. The third-order valence-electron chi connectivity index (χ3n) is 2.29. The van der Waals surface area contributed by atoms with E-state index in [2.05, 4.69) is 15.9 Å². The van der Waals surface area contributed by atoms with Gasteiger partial charge in [0.2, 0.25) is 0 Å². The Morgan fingerprint density at radius 3 is 2.88 bits per heavy atom. The Hall–Kier alpha value is -1.42. The summed E-state index contributed by atoms with van der Waals surface area (Å²) in [5, 5.41) is 0. The van der Waals surface area contributed by atoms with Gasteiger partial charge in [0.15, 0.2) is 6.29 Å². The molecule has 0 bridgehead atoms. The number of benzene rings is 1. The predicted octanol–water partition coefficient (Wildman–Crippen LogP) is 3.25. The van der Waals surface area contributed by atoms with Gasteiger partial charge in [-0.05, 0) is 33.6 Å². The van der Waals surface area contributed by atoms with Crippen LogP contribution >= 0.6 is 15.9 Å². The van der Waals surface area contributed by atoms with Crippen molar-refractivity contribution in [1.82, 2.24) is 4.57 Å². The maximum absolute atomic E-state index is 13.2. The molecule has 0 amide bonds. The third-order valence-corrected chi connectivity index (χ3v) is 3.18. The number of hydrogen-bond donors (Lipinski definition) is 0.